The molecule has 1 saturated heterocycles. The summed E-state index contributed by atoms with van der Waals surface area (Å²) in [7, 11) is 0. The minimum absolute atomic E-state index is 0.0340. The lowest BCUT2D eigenvalue weighted by atomic mass is 9.95. The van der Waals surface area contributed by atoms with Gasteiger partial charge in [0.25, 0.3) is 5.91 Å². The number of hydrogen-bond acceptors (Lipinski definition) is 4. The van der Waals surface area contributed by atoms with Gasteiger partial charge in [-0.15, -0.1) is 0 Å². The number of likely N-dealkylation sites (tertiary alicyclic amines) is 1. The van der Waals surface area contributed by atoms with Crippen molar-refractivity contribution in [3.8, 4) is 0 Å². The summed E-state index contributed by atoms with van der Waals surface area (Å²) >= 11 is 0. The number of amides is 1. The minimum atomic E-state index is -0.0394. The van der Waals surface area contributed by atoms with E-state index in [1.165, 1.54) is 0 Å². The average Bonchev–Trinajstić information content (AvgIpc) is 3.24. The van der Waals surface area contributed by atoms with E-state index in [9.17, 15) is 4.79 Å². The number of carbonyl (C=O) groups is 1. The predicted molar refractivity (Wildman–Crippen MR) is 87.7 cm³/mol. The lowest BCUT2D eigenvalue weighted by Gasteiger charge is -2.31. The highest BCUT2D eigenvalue weighted by Crippen LogP contribution is 2.32. The molecule has 2 N–H and O–H groups in total. The van der Waals surface area contributed by atoms with Gasteiger partial charge in [0.05, 0.1) is 17.9 Å². The van der Waals surface area contributed by atoms with Crippen LogP contribution in [0.15, 0.2) is 12.4 Å². The van der Waals surface area contributed by atoms with E-state index >= 15 is 0 Å². The van der Waals surface area contributed by atoms with E-state index in [-0.39, 0.29) is 18.1 Å². The van der Waals surface area contributed by atoms with Crippen LogP contribution in [0.3, 0.4) is 0 Å². The van der Waals surface area contributed by atoms with Gasteiger partial charge in [-0.2, -0.15) is 5.10 Å². The second kappa shape index (κ2) is 6.05. The highest BCUT2D eigenvalue weighted by Gasteiger charge is 2.33. The van der Waals surface area contributed by atoms with Crippen LogP contribution in [0.25, 0.3) is 0 Å². The van der Waals surface area contributed by atoms with Crippen molar-refractivity contribution in [2.75, 3.05) is 13.1 Å². The number of aromatic nitrogens is 4. The van der Waals surface area contributed by atoms with Crippen LogP contribution in [0, 0.1) is 0 Å². The molecule has 1 amide bonds. The van der Waals surface area contributed by atoms with Crippen molar-refractivity contribution in [2.24, 2.45) is 0 Å². The Morgan fingerprint density at radius 2 is 2.12 bits per heavy atom. The molecule has 2 aliphatic rings. The first-order valence-electron chi connectivity index (χ1n) is 8.64. The molecule has 4 rings (SSSR count). The molecular formula is C17H23N5O2. The summed E-state index contributed by atoms with van der Waals surface area (Å²) < 4.78 is 5.80. The smallest absolute Gasteiger partial charge is 0.274 e. The summed E-state index contributed by atoms with van der Waals surface area (Å²) in [4.78, 5) is 22.4. The zero-order valence-electron chi connectivity index (χ0n) is 14.1. The summed E-state index contributed by atoms with van der Waals surface area (Å²) in [5.41, 5.74) is 2.55. The number of nitrogens with zero attached hydrogens (tertiary/aromatic N) is 3. The van der Waals surface area contributed by atoms with Crippen molar-refractivity contribution in [3.63, 3.8) is 0 Å². The number of hydrogen-bond donors (Lipinski definition) is 2. The van der Waals surface area contributed by atoms with Gasteiger partial charge in [0, 0.05) is 43.4 Å². The molecule has 0 saturated carbocycles. The number of ether oxygens (including phenoxy) is 1. The number of carbonyl (C=O) groups excluding carboxylic acids is 1. The van der Waals surface area contributed by atoms with Crippen LogP contribution < -0.4 is 0 Å². The molecule has 128 valence electrons. The summed E-state index contributed by atoms with van der Waals surface area (Å²) in [6.45, 7) is 5.52. The summed E-state index contributed by atoms with van der Waals surface area (Å²) in [6, 6.07) is 0. The number of fused-ring (bicyclic) bond motifs is 1. The first-order chi connectivity index (χ1) is 11.6. The van der Waals surface area contributed by atoms with Gasteiger partial charge in [0.2, 0.25) is 0 Å². The Morgan fingerprint density at radius 3 is 2.83 bits per heavy atom. The molecule has 2 aromatic rings. The Morgan fingerprint density at radius 1 is 1.33 bits per heavy atom. The van der Waals surface area contributed by atoms with Gasteiger partial charge in [-0.3, -0.25) is 9.89 Å². The Bertz CT molecular complexity index is 715. The highest BCUT2D eigenvalue weighted by atomic mass is 16.5. The van der Waals surface area contributed by atoms with E-state index in [2.05, 4.69) is 20.2 Å². The van der Waals surface area contributed by atoms with Crippen LogP contribution in [0.2, 0.25) is 0 Å². The lowest BCUT2D eigenvalue weighted by molar-refractivity contribution is -0.00703. The molecule has 24 heavy (non-hydrogen) atoms. The van der Waals surface area contributed by atoms with Gasteiger partial charge in [-0.1, -0.05) is 0 Å². The zero-order chi connectivity index (χ0) is 16.7. The number of H-pyrrole nitrogens is 2. The molecule has 0 spiro atoms. The molecule has 2 atom stereocenters. The fourth-order valence-corrected chi connectivity index (χ4v) is 3.86. The molecule has 7 heteroatoms. The Balaban J connectivity index is 1.48. The van der Waals surface area contributed by atoms with Gasteiger partial charge in [0.1, 0.15) is 5.82 Å². The highest BCUT2D eigenvalue weighted by molar-refractivity contribution is 5.94. The van der Waals surface area contributed by atoms with E-state index in [0.717, 1.165) is 49.4 Å². The van der Waals surface area contributed by atoms with Gasteiger partial charge < -0.3 is 14.6 Å². The van der Waals surface area contributed by atoms with Crippen LogP contribution in [0.1, 0.15) is 66.3 Å². The molecule has 0 radical (unpaired) electrons. The maximum atomic E-state index is 12.9. The molecule has 0 unspecified atom stereocenters. The maximum Gasteiger partial charge on any atom is 0.274 e. The molecule has 2 aromatic heterocycles. The number of nitrogens with one attached hydrogen (secondary N) is 2. The van der Waals surface area contributed by atoms with Crippen LogP contribution in [-0.4, -0.2) is 50.2 Å². The Kier molecular flexibility index (Phi) is 3.88. The van der Waals surface area contributed by atoms with Gasteiger partial charge >= 0.3 is 0 Å². The summed E-state index contributed by atoms with van der Waals surface area (Å²) in [5.74, 6) is 1.47. The zero-order valence-corrected chi connectivity index (χ0v) is 14.1. The number of piperidine rings is 1. The number of imidazole rings is 1. The fraction of sp³-hybridized carbons (Fsp3) is 0.588. The predicted octanol–water partition coefficient (Wildman–Crippen LogP) is 2.17. The standard InChI is InChI=1S/C17H23N5O2/c1-10-9-13-14(11(2)24-10)20-21-15(13)17(23)22-7-3-12(4-8-22)16-18-5-6-19-16/h5-6,10-12H,3-4,7-9H2,1-2H3,(H,18,19)(H,20,21)/t10-,11+/m1/s1. The fourth-order valence-electron chi connectivity index (χ4n) is 3.86. The van der Waals surface area contributed by atoms with Gasteiger partial charge in [-0.25, -0.2) is 4.98 Å². The van der Waals surface area contributed by atoms with Crippen LogP contribution in [0.4, 0.5) is 0 Å². The van der Waals surface area contributed by atoms with Crippen molar-refractivity contribution in [1.82, 2.24) is 25.1 Å². The van der Waals surface area contributed by atoms with E-state index in [0.29, 0.717) is 11.6 Å². The van der Waals surface area contributed by atoms with Crippen LogP contribution in [0.5, 0.6) is 0 Å². The molecular weight excluding hydrogens is 306 g/mol. The maximum absolute atomic E-state index is 12.9. The first kappa shape index (κ1) is 15.4. The summed E-state index contributed by atoms with van der Waals surface area (Å²) in [5, 5.41) is 7.32. The van der Waals surface area contributed by atoms with Crippen LogP contribution in [-0.2, 0) is 11.2 Å². The molecule has 0 aromatic carbocycles. The molecule has 4 heterocycles. The third-order valence-corrected chi connectivity index (χ3v) is 5.12. The van der Waals surface area contributed by atoms with E-state index in [4.69, 9.17) is 4.74 Å². The normalized spacial score (nSPS) is 24.8. The molecule has 7 nitrogen and oxygen atoms in total. The second-order valence-electron chi connectivity index (χ2n) is 6.80. The van der Waals surface area contributed by atoms with Crippen molar-refractivity contribution < 1.29 is 9.53 Å². The second-order valence-corrected chi connectivity index (χ2v) is 6.80. The van der Waals surface area contributed by atoms with E-state index in [1.807, 2.05) is 24.9 Å². The van der Waals surface area contributed by atoms with Crippen molar-refractivity contribution in [2.45, 2.75) is 51.2 Å². The van der Waals surface area contributed by atoms with E-state index in [1.54, 1.807) is 6.20 Å². The van der Waals surface area contributed by atoms with Crippen molar-refractivity contribution in [1.29, 1.82) is 0 Å². The SMILES string of the molecule is C[C@@H]1Cc2c(C(=O)N3CCC(c4ncc[nH]4)CC3)n[nH]c2[C@H](C)O1. The van der Waals surface area contributed by atoms with Gasteiger partial charge in [-0.05, 0) is 26.7 Å². The molecule has 0 aliphatic carbocycles. The monoisotopic (exact) mass is 329 g/mol. The third kappa shape index (κ3) is 2.62. The number of rotatable bonds is 2. The molecule has 1 fully saturated rings. The van der Waals surface area contributed by atoms with E-state index < -0.39 is 0 Å². The molecule has 2 aliphatic heterocycles. The van der Waals surface area contributed by atoms with Gasteiger partial charge in [0.15, 0.2) is 5.69 Å². The number of aromatic amines is 2. The average molecular weight is 329 g/mol. The Labute approximate surface area is 140 Å². The largest absolute Gasteiger partial charge is 0.369 e. The van der Waals surface area contributed by atoms with Crippen molar-refractivity contribution >= 4 is 5.91 Å². The van der Waals surface area contributed by atoms with Crippen molar-refractivity contribution in [3.05, 3.63) is 35.2 Å². The Hall–Kier alpha value is -2.15. The third-order valence-electron chi connectivity index (χ3n) is 5.12. The minimum Gasteiger partial charge on any atom is -0.369 e. The molecule has 0 bridgehead atoms. The lowest BCUT2D eigenvalue weighted by Crippen LogP contribution is -2.39. The first-order valence-corrected chi connectivity index (χ1v) is 8.64. The summed E-state index contributed by atoms with van der Waals surface area (Å²) in [6.07, 6.45) is 6.31. The van der Waals surface area contributed by atoms with Crippen LogP contribution >= 0.6 is 0 Å². The quantitative estimate of drug-likeness (QED) is 0.884. The topological polar surface area (TPSA) is 86.9 Å².